The molecular weight excluding hydrogens is 431 g/mol. The molecule has 178 valence electrons. The Morgan fingerprint density at radius 1 is 1.26 bits per heavy atom. The summed E-state index contributed by atoms with van der Waals surface area (Å²) in [4.78, 5) is 18.5. The summed E-state index contributed by atoms with van der Waals surface area (Å²) < 4.78 is 20.7. The minimum Gasteiger partial charge on any atom is -0.497 e. The van der Waals surface area contributed by atoms with E-state index in [0.717, 1.165) is 28.7 Å². The number of hydrogen-bond acceptors (Lipinski definition) is 4. The van der Waals surface area contributed by atoms with E-state index < -0.39 is 18.1 Å². The SMILES string of the molecule is C=C(Cc1ccccc1)N1CC[C@@H](CC[C@H](F)c2ccnc3ccc(OC)cc23)[C@@H](C(=O)O)C1. The van der Waals surface area contributed by atoms with Gasteiger partial charge in [-0.1, -0.05) is 36.9 Å². The van der Waals surface area contributed by atoms with Gasteiger partial charge >= 0.3 is 5.97 Å². The van der Waals surface area contributed by atoms with Crippen molar-refractivity contribution in [1.82, 2.24) is 9.88 Å². The van der Waals surface area contributed by atoms with Crippen LogP contribution in [0.5, 0.6) is 5.75 Å². The molecule has 0 radical (unpaired) electrons. The molecule has 2 aromatic carbocycles. The molecule has 2 heterocycles. The lowest BCUT2D eigenvalue weighted by atomic mass is 9.81. The summed E-state index contributed by atoms with van der Waals surface area (Å²) in [5, 5.41) is 10.6. The Labute approximate surface area is 199 Å². The Bertz CT molecular complexity index is 1150. The summed E-state index contributed by atoms with van der Waals surface area (Å²) >= 11 is 0. The van der Waals surface area contributed by atoms with Crippen molar-refractivity contribution in [3.63, 3.8) is 0 Å². The summed E-state index contributed by atoms with van der Waals surface area (Å²) in [5.41, 5.74) is 3.37. The zero-order valence-corrected chi connectivity index (χ0v) is 19.5. The van der Waals surface area contributed by atoms with E-state index in [2.05, 4.69) is 16.5 Å². The van der Waals surface area contributed by atoms with Crippen LogP contribution in [0.3, 0.4) is 0 Å². The Hall–Kier alpha value is -3.41. The van der Waals surface area contributed by atoms with Crippen LogP contribution < -0.4 is 4.74 Å². The van der Waals surface area contributed by atoms with Crippen molar-refractivity contribution in [2.75, 3.05) is 20.2 Å². The van der Waals surface area contributed by atoms with Gasteiger partial charge < -0.3 is 14.7 Å². The second kappa shape index (κ2) is 10.7. The molecule has 1 aromatic heterocycles. The number of benzene rings is 2. The van der Waals surface area contributed by atoms with E-state index in [0.29, 0.717) is 37.1 Å². The first-order valence-electron chi connectivity index (χ1n) is 11.7. The van der Waals surface area contributed by atoms with Gasteiger partial charge in [-0.15, -0.1) is 0 Å². The van der Waals surface area contributed by atoms with Crippen LogP contribution in [0.25, 0.3) is 10.9 Å². The molecule has 4 rings (SSSR count). The fourth-order valence-corrected chi connectivity index (χ4v) is 4.92. The number of aliphatic carboxylic acids is 1. The molecule has 34 heavy (non-hydrogen) atoms. The monoisotopic (exact) mass is 462 g/mol. The Balaban J connectivity index is 1.40. The average Bonchev–Trinajstić information content (AvgIpc) is 2.86. The van der Waals surface area contributed by atoms with Crippen molar-refractivity contribution >= 4 is 16.9 Å². The molecule has 3 atom stereocenters. The summed E-state index contributed by atoms with van der Waals surface area (Å²) in [7, 11) is 1.58. The lowest BCUT2D eigenvalue weighted by molar-refractivity contribution is -0.145. The van der Waals surface area contributed by atoms with Crippen LogP contribution >= 0.6 is 0 Å². The topological polar surface area (TPSA) is 62.7 Å². The number of halogens is 1. The van der Waals surface area contributed by atoms with Crippen LogP contribution in [-0.2, 0) is 11.2 Å². The highest BCUT2D eigenvalue weighted by atomic mass is 19.1. The van der Waals surface area contributed by atoms with Gasteiger partial charge in [0.15, 0.2) is 0 Å². The molecule has 3 aromatic rings. The number of rotatable bonds is 9. The molecule has 1 N–H and O–H groups in total. The van der Waals surface area contributed by atoms with Crippen LogP contribution in [0.1, 0.15) is 36.6 Å². The summed E-state index contributed by atoms with van der Waals surface area (Å²) in [6.07, 6.45) is 2.62. The van der Waals surface area contributed by atoms with Gasteiger partial charge in [-0.05, 0) is 60.6 Å². The number of nitrogens with zero attached hydrogens (tertiary/aromatic N) is 2. The van der Waals surface area contributed by atoms with Crippen LogP contribution in [-0.4, -0.2) is 41.2 Å². The highest BCUT2D eigenvalue weighted by Gasteiger charge is 2.35. The third kappa shape index (κ3) is 5.38. The second-order valence-corrected chi connectivity index (χ2v) is 9.00. The van der Waals surface area contributed by atoms with E-state index in [9.17, 15) is 9.90 Å². The van der Waals surface area contributed by atoms with E-state index in [1.807, 2.05) is 42.5 Å². The number of alkyl halides is 1. The van der Waals surface area contributed by atoms with Crippen molar-refractivity contribution in [2.24, 2.45) is 11.8 Å². The quantitative estimate of drug-likeness (QED) is 0.435. The van der Waals surface area contributed by atoms with E-state index >= 15 is 4.39 Å². The first-order valence-corrected chi connectivity index (χ1v) is 11.7. The van der Waals surface area contributed by atoms with E-state index in [4.69, 9.17) is 4.74 Å². The third-order valence-corrected chi connectivity index (χ3v) is 6.88. The van der Waals surface area contributed by atoms with Crippen molar-refractivity contribution < 1.29 is 19.0 Å². The number of pyridine rings is 1. The first-order chi connectivity index (χ1) is 16.5. The minimum absolute atomic E-state index is 0.0702. The number of fused-ring (bicyclic) bond motifs is 1. The van der Waals surface area contributed by atoms with Gasteiger partial charge in [0.2, 0.25) is 0 Å². The minimum atomic E-state index is -1.20. The molecule has 0 spiro atoms. The lowest BCUT2D eigenvalue weighted by Gasteiger charge is -2.39. The average molecular weight is 463 g/mol. The standard InChI is InChI=1S/C28H31FN2O3/c1-19(16-20-6-4-3-5-7-20)31-15-13-21(25(18-31)28(32)33)8-10-26(29)23-12-14-30-27-11-9-22(34-2)17-24(23)27/h3-7,9,11-12,14,17,21,25-26H,1,8,10,13,15-16,18H2,2H3,(H,32,33)/t21-,25+,26+/m1/s1. The number of ether oxygens (including phenoxy) is 1. The molecule has 6 heteroatoms. The number of methoxy groups -OCH3 is 1. The number of carboxylic acid groups (broad SMARTS) is 1. The molecule has 1 aliphatic heterocycles. The normalized spacial score (nSPS) is 19.1. The molecule has 0 amide bonds. The number of hydrogen-bond donors (Lipinski definition) is 1. The predicted molar refractivity (Wildman–Crippen MR) is 131 cm³/mol. The molecule has 0 unspecified atom stereocenters. The molecule has 0 bridgehead atoms. The second-order valence-electron chi connectivity index (χ2n) is 9.00. The first kappa shape index (κ1) is 23.7. The van der Waals surface area contributed by atoms with E-state index in [1.54, 1.807) is 25.4 Å². The van der Waals surface area contributed by atoms with Crippen molar-refractivity contribution in [1.29, 1.82) is 0 Å². The fraction of sp³-hybridized carbons (Fsp3) is 0.357. The molecule has 1 aliphatic rings. The largest absolute Gasteiger partial charge is 0.497 e. The van der Waals surface area contributed by atoms with Gasteiger partial charge in [-0.2, -0.15) is 0 Å². The number of aromatic nitrogens is 1. The molecule has 0 saturated carbocycles. The summed E-state index contributed by atoms with van der Waals surface area (Å²) in [5.74, 6) is -0.776. The number of piperidine rings is 1. The fourth-order valence-electron chi connectivity index (χ4n) is 4.92. The summed E-state index contributed by atoms with van der Waals surface area (Å²) in [6.45, 7) is 5.36. The lowest BCUT2D eigenvalue weighted by Crippen LogP contribution is -2.43. The van der Waals surface area contributed by atoms with Gasteiger partial charge in [0.05, 0.1) is 18.5 Å². The van der Waals surface area contributed by atoms with Crippen molar-refractivity contribution in [3.8, 4) is 5.75 Å². The number of carboxylic acids is 1. The number of allylic oxidation sites excluding steroid dienone is 1. The van der Waals surface area contributed by atoms with Gasteiger partial charge in [-0.25, -0.2) is 4.39 Å². The smallest absolute Gasteiger partial charge is 0.308 e. The van der Waals surface area contributed by atoms with Crippen molar-refractivity contribution in [3.05, 3.63) is 84.2 Å². The predicted octanol–water partition coefficient (Wildman–Crippen LogP) is 5.81. The Morgan fingerprint density at radius 3 is 2.79 bits per heavy atom. The van der Waals surface area contributed by atoms with Gasteiger partial charge in [0.1, 0.15) is 11.9 Å². The molecule has 1 fully saturated rings. The molecule has 0 aliphatic carbocycles. The highest BCUT2D eigenvalue weighted by Crippen LogP contribution is 2.36. The number of carbonyl (C=O) groups is 1. The summed E-state index contributed by atoms with van der Waals surface area (Å²) in [6, 6.07) is 17.2. The van der Waals surface area contributed by atoms with Crippen LogP contribution in [0.4, 0.5) is 4.39 Å². The van der Waals surface area contributed by atoms with E-state index in [-0.39, 0.29) is 12.3 Å². The van der Waals surface area contributed by atoms with Gasteiger partial charge in [0, 0.05) is 36.8 Å². The van der Waals surface area contributed by atoms with E-state index in [1.165, 1.54) is 0 Å². The van der Waals surface area contributed by atoms with Crippen LogP contribution in [0, 0.1) is 11.8 Å². The Morgan fingerprint density at radius 2 is 2.06 bits per heavy atom. The maximum Gasteiger partial charge on any atom is 0.308 e. The maximum atomic E-state index is 15.4. The maximum absolute atomic E-state index is 15.4. The number of likely N-dealkylation sites (tertiary alicyclic amines) is 1. The zero-order valence-electron chi connectivity index (χ0n) is 19.5. The molecular formula is C28H31FN2O3. The highest BCUT2D eigenvalue weighted by molar-refractivity contribution is 5.83. The third-order valence-electron chi connectivity index (χ3n) is 6.88. The van der Waals surface area contributed by atoms with Crippen molar-refractivity contribution in [2.45, 2.75) is 31.9 Å². The van der Waals surface area contributed by atoms with Crippen LogP contribution in [0.2, 0.25) is 0 Å². The Kier molecular flexibility index (Phi) is 7.46. The molecule has 1 saturated heterocycles. The van der Waals surface area contributed by atoms with Gasteiger partial charge in [0.25, 0.3) is 0 Å². The molecule has 5 nitrogen and oxygen atoms in total. The van der Waals surface area contributed by atoms with Crippen LogP contribution in [0.15, 0.2) is 73.1 Å². The van der Waals surface area contributed by atoms with Gasteiger partial charge in [-0.3, -0.25) is 9.78 Å². The zero-order chi connectivity index (χ0) is 24.1.